The minimum Gasteiger partial charge on any atom is -0.508 e. The monoisotopic (exact) mass is 406 g/mol. The van der Waals surface area contributed by atoms with E-state index in [9.17, 15) is 5.11 Å². The molecule has 31 heavy (non-hydrogen) atoms. The molecule has 0 spiro atoms. The topological polar surface area (TPSA) is 20.2 Å². The zero-order valence-corrected chi connectivity index (χ0v) is 18.8. The molecule has 0 bridgehead atoms. The average Bonchev–Trinajstić information content (AvgIpc) is 2.80. The van der Waals surface area contributed by atoms with Crippen LogP contribution in [-0.4, -0.2) is 5.11 Å². The molecule has 4 aromatic carbocycles. The maximum Gasteiger partial charge on any atom is 0.115 e. The van der Waals surface area contributed by atoms with E-state index >= 15 is 0 Å². The van der Waals surface area contributed by atoms with Gasteiger partial charge in [0.1, 0.15) is 5.75 Å². The molecule has 0 heterocycles. The Labute approximate surface area is 186 Å². The van der Waals surface area contributed by atoms with Crippen LogP contribution < -0.4 is 0 Å². The Bertz CT molecular complexity index is 1150. The molecule has 0 saturated carbocycles. The molecular weight excluding hydrogens is 376 g/mol. The van der Waals surface area contributed by atoms with Crippen LogP contribution in [0.2, 0.25) is 0 Å². The third-order valence-corrected chi connectivity index (χ3v) is 6.58. The molecule has 4 aromatic rings. The molecule has 0 radical (unpaired) electrons. The minimum absolute atomic E-state index is 0.115. The van der Waals surface area contributed by atoms with E-state index in [0.717, 1.165) is 5.56 Å². The predicted molar refractivity (Wildman–Crippen MR) is 131 cm³/mol. The van der Waals surface area contributed by atoms with Crippen molar-refractivity contribution in [1.29, 1.82) is 0 Å². The summed E-state index contributed by atoms with van der Waals surface area (Å²) in [6, 6.07) is 35.8. The first kappa shape index (κ1) is 20.9. The molecule has 0 aromatic heterocycles. The Balaban J connectivity index is 1.92. The van der Waals surface area contributed by atoms with Crippen LogP contribution >= 0.6 is 0 Å². The molecule has 4 rings (SSSR count). The lowest BCUT2D eigenvalue weighted by Crippen LogP contribution is -2.23. The molecule has 0 aliphatic carbocycles. The number of aromatic hydroxyl groups is 1. The highest BCUT2D eigenvalue weighted by Gasteiger charge is 2.30. The van der Waals surface area contributed by atoms with Gasteiger partial charge in [0.15, 0.2) is 0 Å². The summed E-state index contributed by atoms with van der Waals surface area (Å²) in [6.45, 7) is 9.16. The van der Waals surface area contributed by atoms with Gasteiger partial charge in [-0.1, -0.05) is 119 Å². The van der Waals surface area contributed by atoms with Crippen molar-refractivity contribution in [1.82, 2.24) is 0 Å². The van der Waals surface area contributed by atoms with Crippen LogP contribution in [0.3, 0.4) is 0 Å². The second kappa shape index (κ2) is 8.07. The standard InChI is InChI=1S/C30H30O/c1-29(2,23-11-7-5-8-12-23)25-17-20-27(22-15-18-26(31)19-16-22)28(21-25)30(3,4)24-13-9-6-10-14-24/h5-21,31H,1-4H3. The molecule has 1 nitrogen and oxygen atoms in total. The predicted octanol–water partition coefficient (Wildman–Crippen LogP) is 7.71. The maximum atomic E-state index is 9.79. The van der Waals surface area contributed by atoms with E-state index in [1.807, 2.05) is 12.1 Å². The first-order chi connectivity index (χ1) is 14.8. The van der Waals surface area contributed by atoms with E-state index in [0.29, 0.717) is 0 Å². The van der Waals surface area contributed by atoms with Crippen molar-refractivity contribution in [3.63, 3.8) is 0 Å². The maximum absolute atomic E-state index is 9.79. The van der Waals surface area contributed by atoms with Gasteiger partial charge in [0.2, 0.25) is 0 Å². The molecule has 0 amide bonds. The number of hydrogen-bond donors (Lipinski definition) is 1. The van der Waals surface area contributed by atoms with Crippen LogP contribution in [0.15, 0.2) is 103 Å². The van der Waals surface area contributed by atoms with Crippen molar-refractivity contribution < 1.29 is 5.11 Å². The molecular formula is C30H30O. The van der Waals surface area contributed by atoms with Crippen molar-refractivity contribution in [2.75, 3.05) is 0 Å². The Kier molecular flexibility index (Phi) is 5.45. The van der Waals surface area contributed by atoms with Crippen molar-refractivity contribution in [2.24, 2.45) is 0 Å². The van der Waals surface area contributed by atoms with Crippen LogP contribution in [0.4, 0.5) is 0 Å². The van der Waals surface area contributed by atoms with Crippen LogP contribution in [0.1, 0.15) is 49.9 Å². The summed E-state index contributed by atoms with van der Waals surface area (Å²) >= 11 is 0. The first-order valence-electron chi connectivity index (χ1n) is 10.9. The van der Waals surface area contributed by atoms with Gasteiger partial charge in [0.25, 0.3) is 0 Å². The van der Waals surface area contributed by atoms with Gasteiger partial charge >= 0.3 is 0 Å². The third kappa shape index (κ3) is 4.01. The SMILES string of the molecule is CC(C)(c1ccccc1)c1ccc(-c2ccc(O)cc2)c(C(C)(C)c2ccccc2)c1. The van der Waals surface area contributed by atoms with E-state index < -0.39 is 0 Å². The van der Waals surface area contributed by atoms with Gasteiger partial charge in [0, 0.05) is 10.8 Å². The fraction of sp³-hybridized carbons (Fsp3) is 0.200. The molecule has 0 aliphatic heterocycles. The van der Waals surface area contributed by atoms with Crippen LogP contribution in [0.25, 0.3) is 11.1 Å². The Morgan fingerprint density at radius 3 is 1.58 bits per heavy atom. The lowest BCUT2D eigenvalue weighted by molar-refractivity contribution is 0.475. The average molecular weight is 407 g/mol. The smallest absolute Gasteiger partial charge is 0.115 e. The highest BCUT2D eigenvalue weighted by molar-refractivity contribution is 5.71. The molecule has 0 saturated heterocycles. The van der Waals surface area contributed by atoms with E-state index in [4.69, 9.17) is 0 Å². The van der Waals surface area contributed by atoms with Crippen molar-refractivity contribution in [3.05, 3.63) is 125 Å². The first-order valence-corrected chi connectivity index (χ1v) is 10.9. The fourth-order valence-electron chi connectivity index (χ4n) is 4.37. The minimum atomic E-state index is -0.183. The molecule has 0 aliphatic rings. The van der Waals surface area contributed by atoms with E-state index in [-0.39, 0.29) is 16.6 Å². The van der Waals surface area contributed by atoms with Crippen molar-refractivity contribution in [2.45, 2.75) is 38.5 Å². The Hall–Kier alpha value is -3.32. The van der Waals surface area contributed by atoms with E-state index in [1.165, 1.54) is 27.8 Å². The largest absolute Gasteiger partial charge is 0.508 e. The van der Waals surface area contributed by atoms with Crippen LogP contribution in [0, 0.1) is 0 Å². The molecule has 0 atom stereocenters. The van der Waals surface area contributed by atoms with Gasteiger partial charge < -0.3 is 5.11 Å². The van der Waals surface area contributed by atoms with Gasteiger partial charge in [0.05, 0.1) is 0 Å². The summed E-state index contributed by atoms with van der Waals surface area (Å²) in [7, 11) is 0. The second-order valence-corrected chi connectivity index (χ2v) is 9.29. The van der Waals surface area contributed by atoms with Gasteiger partial charge in [-0.25, -0.2) is 0 Å². The van der Waals surface area contributed by atoms with Gasteiger partial charge in [-0.05, 0) is 45.5 Å². The number of benzene rings is 4. The number of hydrogen-bond acceptors (Lipinski definition) is 1. The lowest BCUT2D eigenvalue weighted by Gasteiger charge is -2.33. The summed E-state index contributed by atoms with van der Waals surface area (Å²) < 4.78 is 0. The van der Waals surface area contributed by atoms with E-state index in [2.05, 4.69) is 107 Å². The zero-order valence-electron chi connectivity index (χ0n) is 18.8. The Morgan fingerprint density at radius 1 is 0.516 bits per heavy atom. The molecule has 0 unspecified atom stereocenters. The normalized spacial score (nSPS) is 12.0. The summed E-state index contributed by atoms with van der Waals surface area (Å²) in [4.78, 5) is 0. The van der Waals surface area contributed by atoms with Gasteiger partial charge in [-0.2, -0.15) is 0 Å². The van der Waals surface area contributed by atoms with Gasteiger partial charge in [-0.3, -0.25) is 0 Å². The molecule has 1 N–H and O–H groups in total. The summed E-state index contributed by atoms with van der Waals surface area (Å²) in [6.07, 6.45) is 0. The highest BCUT2D eigenvalue weighted by Crippen LogP contribution is 2.42. The van der Waals surface area contributed by atoms with Gasteiger partial charge in [-0.15, -0.1) is 0 Å². The fourth-order valence-corrected chi connectivity index (χ4v) is 4.37. The number of rotatable bonds is 5. The summed E-state index contributed by atoms with van der Waals surface area (Å²) in [5.74, 6) is 0.287. The molecule has 0 fully saturated rings. The van der Waals surface area contributed by atoms with Crippen LogP contribution in [-0.2, 0) is 10.8 Å². The van der Waals surface area contributed by atoms with E-state index in [1.54, 1.807) is 12.1 Å². The van der Waals surface area contributed by atoms with Crippen molar-refractivity contribution in [3.8, 4) is 16.9 Å². The zero-order chi connectivity index (χ0) is 22.1. The quantitative estimate of drug-likeness (QED) is 0.360. The third-order valence-electron chi connectivity index (χ3n) is 6.58. The molecule has 156 valence electrons. The highest BCUT2D eigenvalue weighted by atomic mass is 16.3. The molecule has 1 heteroatoms. The lowest BCUT2D eigenvalue weighted by atomic mass is 9.71. The summed E-state index contributed by atoms with van der Waals surface area (Å²) in [5.41, 5.74) is 7.17. The number of phenolic OH excluding ortho intramolecular Hbond substituents is 1. The number of phenols is 1. The second-order valence-electron chi connectivity index (χ2n) is 9.29. The van der Waals surface area contributed by atoms with Crippen LogP contribution in [0.5, 0.6) is 5.75 Å². The Morgan fingerprint density at radius 2 is 1.03 bits per heavy atom. The summed E-state index contributed by atoms with van der Waals surface area (Å²) in [5, 5.41) is 9.79. The van der Waals surface area contributed by atoms with Crippen molar-refractivity contribution >= 4 is 0 Å².